The molecule has 0 N–H and O–H groups in total. The number of ether oxygens (including phenoxy) is 2. The van der Waals surface area contributed by atoms with Crippen molar-refractivity contribution in [3.63, 3.8) is 0 Å². The molecule has 0 fully saturated rings. The van der Waals surface area contributed by atoms with Crippen molar-refractivity contribution in [3.8, 4) is 11.5 Å². The number of amides is 1. The summed E-state index contributed by atoms with van der Waals surface area (Å²) in [7, 11) is 3.16. The zero-order valence-electron chi connectivity index (χ0n) is 16.3. The van der Waals surface area contributed by atoms with Gasteiger partial charge in [0.25, 0.3) is 0 Å². The van der Waals surface area contributed by atoms with Gasteiger partial charge < -0.3 is 13.9 Å². The number of methoxy groups -OCH3 is 2. The van der Waals surface area contributed by atoms with Gasteiger partial charge in [-0.05, 0) is 57.9 Å². The summed E-state index contributed by atoms with van der Waals surface area (Å²) >= 11 is 9.69. The van der Waals surface area contributed by atoms with Crippen molar-refractivity contribution in [2.45, 2.75) is 12.5 Å². The van der Waals surface area contributed by atoms with Gasteiger partial charge in [0.05, 0.1) is 26.0 Å². The zero-order chi connectivity index (χ0) is 21.3. The predicted molar refractivity (Wildman–Crippen MR) is 117 cm³/mol. The Hall–Kier alpha value is -2.77. The maximum absolute atomic E-state index is 13.2. The van der Waals surface area contributed by atoms with E-state index in [4.69, 9.17) is 25.5 Å². The van der Waals surface area contributed by atoms with Gasteiger partial charge in [0, 0.05) is 17.0 Å². The molecule has 30 heavy (non-hydrogen) atoms. The van der Waals surface area contributed by atoms with Crippen molar-refractivity contribution in [1.82, 2.24) is 5.01 Å². The standard InChI is InChI=1S/C22H18BrClN2O4/c1-28-18-8-7-13(11-20(18)29-2)16-12-17(14-5-3-4-6-15(14)24)26(25-16)22(27)19-9-10-21(23)30-19/h3-11,17H,12H2,1-2H3/t17-/m0/s1. The number of rotatable bonds is 5. The highest BCUT2D eigenvalue weighted by atomic mass is 79.9. The normalized spacial score (nSPS) is 15.8. The summed E-state index contributed by atoms with van der Waals surface area (Å²) in [4.78, 5) is 13.2. The van der Waals surface area contributed by atoms with Crippen LogP contribution in [0.3, 0.4) is 0 Å². The van der Waals surface area contributed by atoms with Crippen LogP contribution in [-0.2, 0) is 0 Å². The second kappa shape index (κ2) is 8.53. The third-order valence-electron chi connectivity index (χ3n) is 4.88. The molecular weight excluding hydrogens is 472 g/mol. The van der Waals surface area contributed by atoms with Crippen LogP contribution in [0.1, 0.15) is 34.1 Å². The van der Waals surface area contributed by atoms with Gasteiger partial charge >= 0.3 is 5.91 Å². The largest absolute Gasteiger partial charge is 0.493 e. The molecule has 4 rings (SSSR count). The Balaban J connectivity index is 1.76. The second-order valence-electron chi connectivity index (χ2n) is 6.61. The molecule has 0 saturated carbocycles. The first-order valence-electron chi connectivity index (χ1n) is 9.15. The van der Waals surface area contributed by atoms with Crippen molar-refractivity contribution in [2.75, 3.05) is 14.2 Å². The van der Waals surface area contributed by atoms with Gasteiger partial charge in [-0.3, -0.25) is 4.79 Å². The van der Waals surface area contributed by atoms with E-state index in [1.807, 2.05) is 36.4 Å². The van der Waals surface area contributed by atoms with Crippen LogP contribution in [0.5, 0.6) is 11.5 Å². The van der Waals surface area contributed by atoms with Crippen LogP contribution in [0.4, 0.5) is 0 Å². The number of benzene rings is 2. The fraction of sp³-hybridized carbons (Fsp3) is 0.182. The predicted octanol–water partition coefficient (Wildman–Crippen LogP) is 5.70. The lowest BCUT2D eigenvalue weighted by atomic mass is 9.98. The average Bonchev–Trinajstić information content (AvgIpc) is 3.40. The van der Waals surface area contributed by atoms with Crippen molar-refractivity contribution in [1.29, 1.82) is 0 Å². The van der Waals surface area contributed by atoms with Crippen molar-refractivity contribution in [2.24, 2.45) is 5.10 Å². The highest BCUT2D eigenvalue weighted by Crippen LogP contribution is 2.38. The van der Waals surface area contributed by atoms with Gasteiger partial charge in [-0.15, -0.1) is 0 Å². The summed E-state index contributed by atoms with van der Waals surface area (Å²) in [5.74, 6) is 1.06. The quantitative estimate of drug-likeness (QED) is 0.461. The Morgan fingerprint density at radius 2 is 1.90 bits per heavy atom. The lowest BCUT2D eigenvalue weighted by Crippen LogP contribution is -2.27. The fourth-order valence-electron chi connectivity index (χ4n) is 3.42. The number of halogens is 2. The van der Waals surface area contributed by atoms with Crippen LogP contribution in [-0.4, -0.2) is 30.8 Å². The number of hydrogen-bond donors (Lipinski definition) is 0. The molecule has 1 atom stereocenters. The average molecular weight is 490 g/mol. The van der Waals surface area contributed by atoms with Gasteiger partial charge in [0.15, 0.2) is 21.9 Å². The van der Waals surface area contributed by atoms with E-state index in [1.54, 1.807) is 32.4 Å². The number of hydrazone groups is 1. The van der Waals surface area contributed by atoms with Crippen LogP contribution in [0, 0.1) is 0 Å². The number of hydrogen-bond acceptors (Lipinski definition) is 5. The van der Waals surface area contributed by atoms with Crippen molar-refractivity contribution >= 4 is 39.1 Å². The first-order chi connectivity index (χ1) is 14.5. The van der Waals surface area contributed by atoms with E-state index in [1.165, 1.54) is 5.01 Å². The third kappa shape index (κ3) is 3.82. The molecule has 8 heteroatoms. The lowest BCUT2D eigenvalue weighted by molar-refractivity contribution is 0.0677. The first kappa shape index (κ1) is 20.5. The molecule has 3 aromatic rings. The molecule has 1 aromatic heterocycles. The number of carbonyl (C=O) groups excluding carboxylic acids is 1. The Morgan fingerprint density at radius 3 is 2.57 bits per heavy atom. The molecule has 0 unspecified atom stereocenters. The van der Waals surface area contributed by atoms with E-state index in [2.05, 4.69) is 21.0 Å². The van der Waals surface area contributed by atoms with Gasteiger partial charge in [-0.25, -0.2) is 5.01 Å². The van der Waals surface area contributed by atoms with E-state index in [9.17, 15) is 4.79 Å². The molecule has 0 spiro atoms. The monoisotopic (exact) mass is 488 g/mol. The van der Waals surface area contributed by atoms with Crippen LogP contribution >= 0.6 is 27.5 Å². The summed E-state index contributed by atoms with van der Waals surface area (Å²) in [6.07, 6.45) is 0.493. The van der Waals surface area contributed by atoms with Crippen molar-refractivity contribution in [3.05, 3.63) is 81.2 Å². The topological polar surface area (TPSA) is 64.3 Å². The molecule has 154 valence electrons. The van der Waals surface area contributed by atoms with E-state index < -0.39 is 0 Å². The highest BCUT2D eigenvalue weighted by Gasteiger charge is 2.36. The maximum atomic E-state index is 13.2. The minimum atomic E-state index is -0.363. The molecule has 6 nitrogen and oxygen atoms in total. The molecule has 1 aliphatic rings. The lowest BCUT2D eigenvalue weighted by Gasteiger charge is -2.22. The molecule has 0 saturated heterocycles. The van der Waals surface area contributed by atoms with Crippen molar-refractivity contribution < 1.29 is 18.7 Å². The number of carbonyl (C=O) groups is 1. The van der Waals surface area contributed by atoms with E-state index in [-0.39, 0.29) is 17.7 Å². The minimum absolute atomic E-state index is 0.191. The van der Waals surface area contributed by atoms with Crippen LogP contribution in [0.2, 0.25) is 5.02 Å². The highest BCUT2D eigenvalue weighted by molar-refractivity contribution is 9.10. The molecule has 2 aromatic carbocycles. The Labute approximate surface area is 187 Å². The first-order valence-corrected chi connectivity index (χ1v) is 10.3. The fourth-order valence-corrected chi connectivity index (χ4v) is 3.99. The maximum Gasteiger partial charge on any atom is 0.310 e. The summed E-state index contributed by atoms with van der Waals surface area (Å²) in [5, 5.41) is 6.65. The van der Waals surface area contributed by atoms with E-state index in [0.717, 1.165) is 16.8 Å². The third-order valence-corrected chi connectivity index (χ3v) is 5.65. The summed E-state index contributed by atoms with van der Waals surface area (Å²) < 4.78 is 16.7. The van der Waals surface area contributed by atoms with Crippen LogP contribution < -0.4 is 9.47 Å². The van der Waals surface area contributed by atoms with Crippen LogP contribution in [0.25, 0.3) is 0 Å². The molecular formula is C22H18BrClN2O4. The van der Waals surface area contributed by atoms with Gasteiger partial charge in [0.2, 0.25) is 0 Å². The van der Waals surface area contributed by atoms with E-state index in [0.29, 0.717) is 27.6 Å². The van der Waals surface area contributed by atoms with Gasteiger partial charge in [-0.2, -0.15) is 5.10 Å². The Kier molecular flexibility index (Phi) is 5.83. The molecule has 0 bridgehead atoms. The molecule has 2 heterocycles. The molecule has 1 aliphatic heterocycles. The van der Waals surface area contributed by atoms with Gasteiger partial charge in [-0.1, -0.05) is 29.8 Å². The van der Waals surface area contributed by atoms with Gasteiger partial charge in [0.1, 0.15) is 0 Å². The zero-order valence-corrected chi connectivity index (χ0v) is 18.6. The molecule has 0 radical (unpaired) electrons. The Morgan fingerprint density at radius 1 is 1.13 bits per heavy atom. The smallest absolute Gasteiger partial charge is 0.310 e. The van der Waals surface area contributed by atoms with E-state index >= 15 is 0 Å². The molecule has 1 amide bonds. The Bertz CT molecular complexity index is 1130. The number of nitrogens with zero attached hydrogens (tertiary/aromatic N) is 2. The summed E-state index contributed by atoms with van der Waals surface area (Å²) in [5.41, 5.74) is 2.39. The summed E-state index contributed by atoms with van der Waals surface area (Å²) in [6.45, 7) is 0. The second-order valence-corrected chi connectivity index (χ2v) is 7.80. The SMILES string of the molecule is COc1ccc(C2=NN(C(=O)c3ccc(Br)o3)[C@H](c3ccccc3Cl)C2)cc1OC. The number of furan rings is 1. The minimum Gasteiger partial charge on any atom is -0.493 e. The summed E-state index contributed by atoms with van der Waals surface area (Å²) in [6, 6.07) is 15.9. The molecule has 0 aliphatic carbocycles. The van der Waals surface area contributed by atoms with Crippen LogP contribution in [0.15, 0.2) is 68.8 Å².